The van der Waals surface area contributed by atoms with Crippen LogP contribution in [0.25, 0.3) is 0 Å². The number of carbonyl (C=O) groups excluding carboxylic acids is 1. The van der Waals surface area contributed by atoms with Crippen molar-refractivity contribution in [1.82, 2.24) is 9.55 Å². The number of nitrogen functional groups attached to an aromatic ring is 1. The lowest BCUT2D eigenvalue weighted by atomic mass is 10.3. The predicted molar refractivity (Wildman–Crippen MR) is 59.9 cm³/mol. The van der Waals surface area contributed by atoms with E-state index in [4.69, 9.17) is 10.5 Å². The Labute approximate surface area is 94.6 Å². The fourth-order valence-corrected chi connectivity index (χ4v) is 1.80. The third-order valence-corrected chi connectivity index (χ3v) is 3.05. The number of carbonyl (C=O) groups is 1. The first kappa shape index (κ1) is 11.0. The second-order valence-electron chi connectivity index (χ2n) is 4.32. The molecule has 2 unspecified atom stereocenters. The van der Waals surface area contributed by atoms with Crippen LogP contribution < -0.4 is 5.73 Å². The first-order valence-corrected chi connectivity index (χ1v) is 5.61. The van der Waals surface area contributed by atoms with Gasteiger partial charge in [0, 0.05) is 6.54 Å². The van der Waals surface area contributed by atoms with Crippen LogP contribution in [0, 0.1) is 11.8 Å². The second-order valence-corrected chi connectivity index (χ2v) is 4.32. The summed E-state index contributed by atoms with van der Waals surface area (Å²) in [6.45, 7) is 5.16. The van der Waals surface area contributed by atoms with Gasteiger partial charge in [-0.3, -0.25) is 0 Å². The van der Waals surface area contributed by atoms with Crippen LogP contribution in [0.1, 0.15) is 30.8 Å². The van der Waals surface area contributed by atoms with E-state index in [0.717, 1.165) is 12.5 Å². The maximum atomic E-state index is 11.5. The lowest BCUT2D eigenvalue weighted by Crippen LogP contribution is -2.10. The molecule has 5 heteroatoms. The third-order valence-electron chi connectivity index (χ3n) is 3.05. The third kappa shape index (κ3) is 2.03. The van der Waals surface area contributed by atoms with Crippen molar-refractivity contribution in [2.45, 2.75) is 26.8 Å². The minimum atomic E-state index is -0.442. The van der Waals surface area contributed by atoms with E-state index in [9.17, 15) is 4.79 Å². The molecule has 1 aliphatic carbocycles. The number of nitrogens with two attached hydrogens (primary N) is 1. The maximum Gasteiger partial charge on any atom is 0.360 e. The van der Waals surface area contributed by atoms with Gasteiger partial charge < -0.3 is 15.0 Å². The molecule has 1 aromatic heterocycles. The number of aromatic nitrogens is 2. The predicted octanol–water partition coefficient (Wildman–Crippen LogP) is 1.30. The van der Waals surface area contributed by atoms with Gasteiger partial charge in [-0.2, -0.15) is 0 Å². The zero-order valence-corrected chi connectivity index (χ0v) is 9.64. The molecule has 88 valence electrons. The maximum absolute atomic E-state index is 11.5. The summed E-state index contributed by atoms with van der Waals surface area (Å²) in [4.78, 5) is 15.5. The summed E-state index contributed by atoms with van der Waals surface area (Å²) in [5, 5.41) is 0. The van der Waals surface area contributed by atoms with Crippen LogP contribution >= 0.6 is 0 Å². The summed E-state index contributed by atoms with van der Waals surface area (Å²) < 4.78 is 6.70. The minimum Gasteiger partial charge on any atom is -0.461 e. The van der Waals surface area contributed by atoms with Crippen molar-refractivity contribution >= 4 is 11.8 Å². The van der Waals surface area contributed by atoms with Gasteiger partial charge in [-0.05, 0) is 25.2 Å². The quantitative estimate of drug-likeness (QED) is 0.781. The average Bonchev–Trinajstić information content (AvgIpc) is 2.80. The summed E-state index contributed by atoms with van der Waals surface area (Å²) in [5.74, 6) is 1.40. The molecular formula is C11H17N3O2. The van der Waals surface area contributed by atoms with E-state index in [1.807, 2.05) is 4.57 Å². The lowest BCUT2D eigenvalue weighted by molar-refractivity contribution is 0.0521. The number of imidazole rings is 1. The molecule has 0 aromatic carbocycles. The van der Waals surface area contributed by atoms with E-state index < -0.39 is 5.97 Å². The van der Waals surface area contributed by atoms with E-state index in [1.54, 1.807) is 13.3 Å². The normalized spacial score (nSPS) is 23.1. The zero-order valence-electron chi connectivity index (χ0n) is 9.64. The molecule has 1 aromatic rings. The van der Waals surface area contributed by atoms with Gasteiger partial charge in [0.1, 0.15) is 5.82 Å². The lowest BCUT2D eigenvalue weighted by Gasteiger charge is -2.04. The number of hydrogen-bond acceptors (Lipinski definition) is 4. The molecule has 0 amide bonds. The first-order chi connectivity index (χ1) is 7.63. The van der Waals surface area contributed by atoms with Crippen LogP contribution in [0.3, 0.4) is 0 Å². The highest BCUT2D eigenvalue weighted by Crippen LogP contribution is 2.39. The molecule has 1 fully saturated rings. The highest BCUT2D eigenvalue weighted by atomic mass is 16.5. The van der Waals surface area contributed by atoms with Crippen LogP contribution in [-0.2, 0) is 11.3 Å². The Kier molecular flexibility index (Phi) is 2.85. The number of esters is 1. The minimum absolute atomic E-state index is 0.232. The van der Waals surface area contributed by atoms with Gasteiger partial charge in [0.2, 0.25) is 0 Å². The molecule has 16 heavy (non-hydrogen) atoms. The highest BCUT2D eigenvalue weighted by molar-refractivity contribution is 5.92. The summed E-state index contributed by atoms with van der Waals surface area (Å²) in [7, 11) is 0. The largest absolute Gasteiger partial charge is 0.461 e. The molecule has 2 rings (SSSR count). The molecule has 1 saturated carbocycles. The van der Waals surface area contributed by atoms with Gasteiger partial charge in [-0.25, -0.2) is 9.78 Å². The molecule has 0 saturated heterocycles. The number of hydrogen-bond donors (Lipinski definition) is 1. The van der Waals surface area contributed by atoms with Crippen LogP contribution in [0.15, 0.2) is 6.33 Å². The van der Waals surface area contributed by atoms with Crippen LogP contribution in [-0.4, -0.2) is 22.1 Å². The van der Waals surface area contributed by atoms with E-state index in [-0.39, 0.29) is 5.69 Å². The summed E-state index contributed by atoms with van der Waals surface area (Å²) in [6.07, 6.45) is 2.85. The average molecular weight is 223 g/mol. The first-order valence-electron chi connectivity index (χ1n) is 5.61. The van der Waals surface area contributed by atoms with Gasteiger partial charge >= 0.3 is 5.97 Å². The molecule has 2 atom stereocenters. The van der Waals surface area contributed by atoms with Crippen LogP contribution in [0.5, 0.6) is 0 Å². The highest BCUT2D eigenvalue weighted by Gasteiger charge is 2.33. The van der Waals surface area contributed by atoms with Crippen molar-refractivity contribution < 1.29 is 9.53 Å². The molecule has 0 aliphatic heterocycles. The van der Waals surface area contributed by atoms with Gasteiger partial charge in [0.05, 0.1) is 12.9 Å². The number of nitrogens with zero attached hydrogens (tertiary/aromatic N) is 2. The Morgan fingerprint density at radius 1 is 1.75 bits per heavy atom. The van der Waals surface area contributed by atoms with Crippen molar-refractivity contribution in [2.24, 2.45) is 11.8 Å². The topological polar surface area (TPSA) is 70.1 Å². The van der Waals surface area contributed by atoms with Crippen molar-refractivity contribution in [3.8, 4) is 0 Å². The van der Waals surface area contributed by atoms with Crippen LogP contribution in [0.4, 0.5) is 5.82 Å². The molecular weight excluding hydrogens is 206 g/mol. The molecule has 0 spiro atoms. The summed E-state index contributed by atoms with van der Waals surface area (Å²) >= 11 is 0. The van der Waals surface area contributed by atoms with E-state index in [1.165, 1.54) is 6.42 Å². The molecule has 0 bridgehead atoms. The van der Waals surface area contributed by atoms with Crippen molar-refractivity contribution in [2.75, 3.05) is 12.3 Å². The zero-order chi connectivity index (χ0) is 11.7. The molecule has 0 radical (unpaired) electrons. The Balaban J connectivity index is 2.07. The Morgan fingerprint density at radius 2 is 2.44 bits per heavy atom. The van der Waals surface area contributed by atoms with Crippen molar-refractivity contribution in [3.63, 3.8) is 0 Å². The number of anilines is 1. The van der Waals surface area contributed by atoms with Crippen LogP contribution in [0.2, 0.25) is 0 Å². The van der Waals surface area contributed by atoms with E-state index >= 15 is 0 Å². The van der Waals surface area contributed by atoms with Gasteiger partial charge in [-0.1, -0.05) is 6.92 Å². The second kappa shape index (κ2) is 4.15. The van der Waals surface area contributed by atoms with Gasteiger partial charge in [0.15, 0.2) is 5.69 Å². The number of rotatable bonds is 4. The van der Waals surface area contributed by atoms with E-state index in [2.05, 4.69) is 11.9 Å². The van der Waals surface area contributed by atoms with Crippen molar-refractivity contribution in [3.05, 3.63) is 12.0 Å². The molecule has 2 N–H and O–H groups in total. The van der Waals surface area contributed by atoms with Crippen molar-refractivity contribution in [1.29, 1.82) is 0 Å². The Hall–Kier alpha value is -1.52. The Bertz CT molecular complexity index is 400. The monoisotopic (exact) mass is 223 g/mol. The number of ether oxygens (including phenoxy) is 1. The molecule has 5 nitrogen and oxygen atoms in total. The van der Waals surface area contributed by atoms with E-state index in [0.29, 0.717) is 18.3 Å². The fraction of sp³-hybridized carbons (Fsp3) is 0.636. The molecule has 1 heterocycles. The SMILES string of the molecule is CCOC(=O)c1ncn(CC2CC2C)c1N. The standard InChI is InChI=1S/C11H17N3O2/c1-3-16-11(15)9-10(12)14(6-13-9)5-8-4-7(8)2/h6-8H,3-5,12H2,1-2H3. The summed E-state index contributed by atoms with van der Waals surface area (Å²) in [5.41, 5.74) is 6.09. The fourth-order valence-electron chi connectivity index (χ4n) is 1.80. The molecule has 1 aliphatic rings. The summed E-state index contributed by atoms with van der Waals surface area (Å²) in [6, 6.07) is 0. The Morgan fingerprint density at radius 3 is 3.00 bits per heavy atom. The van der Waals surface area contributed by atoms with Gasteiger partial charge in [0.25, 0.3) is 0 Å². The van der Waals surface area contributed by atoms with Gasteiger partial charge in [-0.15, -0.1) is 0 Å². The smallest absolute Gasteiger partial charge is 0.360 e.